The first-order valence-electron chi connectivity index (χ1n) is 6.65. The maximum Gasteiger partial charge on any atom is 0.279 e. The van der Waals surface area contributed by atoms with Crippen LogP contribution in [0.1, 0.15) is 12.8 Å². The van der Waals surface area contributed by atoms with Gasteiger partial charge in [-0.25, -0.2) is 0 Å². The number of hydrogen-bond donors (Lipinski definition) is 1. The highest BCUT2D eigenvalue weighted by Crippen LogP contribution is 2.32. The van der Waals surface area contributed by atoms with E-state index >= 15 is 0 Å². The summed E-state index contributed by atoms with van der Waals surface area (Å²) in [6.45, 7) is 1.81. The van der Waals surface area contributed by atoms with Crippen LogP contribution < -0.4 is 10.1 Å². The molecule has 2 aromatic rings. The summed E-state index contributed by atoms with van der Waals surface area (Å²) < 4.78 is 5.96. The van der Waals surface area contributed by atoms with Crippen molar-refractivity contribution < 1.29 is 9.66 Å². The monoisotopic (exact) mass is 273 g/mol. The first-order chi connectivity index (χ1) is 9.75. The lowest BCUT2D eigenvalue weighted by molar-refractivity contribution is -0.383. The summed E-state index contributed by atoms with van der Waals surface area (Å²) in [5.74, 6) is 0.611. The smallest absolute Gasteiger partial charge is 0.279 e. The van der Waals surface area contributed by atoms with Gasteiger partial charge in [-0.3, -0.25) is 15.1 Å². The molecule has 0 aliphatic carbocycles. The Balaban J connectivity index is 1.99. The second-order valence-corrected chi connectivity index (χ2v) is 4.83. The second-order valence-electron chi connectivity index (χ2n) is 4.83. The fourth-order valence-electron chi connectivity index (χ4n) is 2.49. The third kappa shape index (κ3) is 2.42. The van der Waals surface area contributed by atoms with E-state index in [0.717, 1.165) is 25.9 Å². The molecule has 0 radical (unpaired) electrons. The summed E-state index contributed by atoms with van der Waals surface area (Å²) in [5.41, 5.74) is 0.606. The molecule has 1 saturated heterocycles. The van der Waals surface area contributed by atoms with Gasteiger partial charge >= 0.3 is 0 Å². The zero-order valence-corrected chi connectivity index (χ0v) is 10.9. The molecule has 0 bridgehead atoms. The predicted molar refractivity (Wildman–Crippen MR) is 74.9 cm³/mol. The van der Waals surface area contributed by atoms with Gasteiger partial charge in [0.1, 0.15) is 17.4 Å². The molecule has 1 atom stereocenters. The average Bonchev–Trinajstić information content (AvgIpc) is 2.48. The molecular weight excluding hydrogens is 258 g/mol. The van der Waals surface area contributed by atoms with Gasteiger partial charge < -0.3 is 10.1 Å². The van der Waals surface area contributed by atoms with E-state index in [1.807, 2.05) is 0 Å². The molecule has 1 N–H and O–H groups in total. The van der Waals surface area contributed by atoms with E-state index in [4.69, 9.17) is 4.74 Å². The minimum absolute atomic E-state index is 0.0576. The number of nitro benzene ring substituents is 1. The van der Waals surface area contributed by atoms with Crippen molar-refractivity contribution in [1.29, 1.82) is 0 Å². The Hall–Kier alpha value is -2.21. The van der Waals surface area contributed by atoms with Gasteiger partial charge in [-0.15, -0.1) is 0 Å². The van der Waals surface area contributed by atoms with Crippen LogP contribution >= 0.6 is 0 Å². The van der Waals surface area contributed by atoms with Crippen molar-refractivity contribution in [2.45, 2.75) is 18.9 Å². The summed E-state index contributed by atoms with van der Waals surface area (Å²) in [7, 11) is 0. The van der Waals surface area contributed by atoms with E-state index in [1.54, 1.807) is 24.4 Å². The minimum Gasteiger partial charge on any atom is -0.487 e. The number of hydrogen-bond acceptors (Lipinski definition) is 5. The lowest BCUT2D eigenvalue weighted by Crippen LogP contribution is -2.37. The molecular formula is C14H15N3O3. The molecule has 3 rings (SSSR count). The summed E-state index contributed by atoms with van der Waals surface area (Å²) in [4.78, 5) is 14.9. The molecule has 6 nitrogen and oxygen atoms in total. The Morgan fingerprint density at radius 2 is 2.30 bits per heavy atom. The lowest BCUT2D eigenvalue weighted by atomic mass is 10.1. The number of aromatic nitrogens is 1. The average molecular weight is 273 g/mol. The molecule has 6 heteroatoms. The van der Waals surface area contributed by atoms with Gasteiger partial charge in [0.25, 0.3) is 5.69 Å². The highest BCUT2D eigenvalue weighted by Gasteiger charge is 2.19. The van der Waals surface area contributed by atoms with E-state index < -0.39 is 4.92 Å². The third-order valence-electron chi connectivity index (χ3n) is 3.45. The van der Waals surface area contributed by atoms with Crippen LogP contribution in [0, 0.1) is 10.1 Å². The lowest BCUT2D eigenvalue weighted by Gasteiger charge is -2.24. The summed E-state index contributed by atoms with van der Waals surface area (Å²) in [5, 5.41) is 14.8. The molecule has 0 spiro atoms. The van der Waals surface area contributed by atoms with E-state index in [1.165, 1.54) is 6.07 Å². The molecule has 0 unspecified atom stereocenters. The Labute approximate surface area is 115 Å². The van der Waals surface area contributed by atoms with E-state index in [-0.39, 0.29) is 11.8 Å². The van der Waals surface area contributed by atoms with Gasteiger partial charge in [-0.1, -0.05) is 0 Å². The molecule has 1 fully saturated rings. The van der Waals surface area contributed by atoms with Crippen LogP contribution in [0.4, 0.5) is 5.69 Å². The number of nitro groups is 1. The molecule has 0 saturated carbocycles. The molecule has 2 heterocycles. The van der Waals surface area contributed by atoms with E-state index in [0.29, 0.717) is 16.7 Å². The normalized spacial score (nSPS) is 18.9. The number of nitrogens with zero attached hydrogens (tertiary/aromatic N) is 2. The zero-order chi connectivity index (χ0) is 13.9. The van der Waals surface area contributed by atoms with Crippen LogP contribution in [-0.2, 0) is 0 Å². The van der Waals surface area contributed by atoms with Crippen molar-refractivity contribution in [3.8, 4) is 5.75 Å². The summed E-state index contributed by atoms with van der Waals surface area (Å²) >= 11 is 0. The zero-order valence-electron chi connectivity index (χ0n) is 10.9. The van der Waals surface area contributed by atoms with Gasteiger partial charge in [0.05, 0.1) is 10.3 Å². The summed E-state index contributed by atoms with van der Waals surface area (Å²) in [6.07, 6.45) is 3.77. The van der Waals surface area contributed by atoms with Crippen molar-refractivity contribution >= 4 is 16.6 Å². The number of piperidine rings is 1. The number of nitrogens with one attached hydrogen (secondary N) is 1. The highest BCUT2D eigenvalue weighted by molar-refractivity contribution is 5.92. The van der Waals surface area contributed by atoms with Crippen molar-refractivity contribution in [3.63, 3.8) is 0 Å². The van der Waals surface area contributed by atoms with Gasteiger partial charge in [0, 0.05) is 18.8 Å². The second kappa shape index (κ2) is 5.42. The minimum atomic E-state index is -0.393. The number of benzene rings is 1. The van der Waals surface area contributed by atoms with Crippen LogP contribution in [-0.4, -0.2) is 29.1 Å². The van der Waals surface area contributed by atoms with Crippen molar-refractivity contribution in [2.75, 3.05) is 13.1 Å². The van der Waals surface area contributed by atoms with Crippen LogP contribution in [0.5, 0.6) is 5.75 Å². The molecule has 0 amide bonds. The van der Waals surface area contributed by atoms with Crippen LogP contribution in [0.25, 0.3) is 10.9 Å². The van der Waals surface area contributed by atoms with Crippen LogP contribution in [0.2, 0.25) is 0 Å². The first kappa shape index (κ1) is 12.8. The van der Waals surface area contributed by atoms with Crippen molar-refractivity contribution in [3.05, 3.63) is 40.6 Å². The molecule has 1 aromatic carbocycles. The number of rotatable bonds is 3. The quantitative estimate of drug-likeness (QED) is 0.685. The van der Waals surface area contributed by atoms with Gasteiger partial charge in [0.2, 0.25) is 0 Å². The van der Waals surface area contributed by atoms with Crippen LogP contribution in [0.15, 0.2) is 30.5 Å². The fourth-order valence-corrected chi connectivity index (χ4v) is 2.49. The Bertz CT molecular complexity index is 639. The maximum atomic E-state index is 11.0. The standard InChI is InChI=1S/C14H15N3O3/c18-17(19)12-5-6-13(14-11(12)4-2-8-16-14)20-10-3-1-7-15-9-10/h2,4-6,8,10,15H,1,3,7,9H2/t10-/m0/s1. The number of non-ortho nitro benzene ring substituents is 1. The Morgan fingerprint density at radius 3 is 3.05 bits per heavy atom. The number of ether oxygens (including phenoxy) is 1. The predicted octanol–water partition coefficient (Wildman–Crippen LogP) is 2.27. The molecule has 1 aromatic heterocycles. The van der Waals surface area contributed by atoms with Crippen molar-refractivity contribution in [1.82, 2.24) is 10.3 Å². The van der Waals surface area contributed by atoms with Crippen molar-refractivity contribution in [2.24, 2.45) is 0 Å². The first-order valence-corrected chi connectivity index (χ1v) is 6.65. The topological polar surface area (TPSA) is 77.3 Å². The maximum absolute atomic E-state index is 11.0. The molecule has 1 aliphatic heterocycles. The molecule has 20 heavy (non-hydrogen) atoms. The summed E-state index contributed by atoms with van der Waals surface area (Å²) in [6, 6.07) is 6.52. The highest BCUT2D eigenvalue weighted by atomic mass is 16.6. The van der Waals surface area contributed by atoms with E-state index in [9.17, 15) is 10.1 Å². The van der Waals surface area contributed by atoms with Crippen LogP contribution in [0.3, 0.4) is 0 Å². The SMILES string of the molecule is O=[N+]([O-])c1ccc(O[C@H]2CCCNC2)c2ncccc12. The third-order valence-corrected chi connectivity index (χ3v) is 3.45. The largest absolute Gasteiger partial charge is 0.487 e. The number of fused-ring (bicyclic) bond motifs is 1. The number of pyridine rings is 1. The van der Waals surface area contributed by atoms with E-state index in [2.05, 4.69) is 10.3 Å². The molecule has 104 valence electrons. The fraction of sp³-hybridized carbons (Fsp3) is 0.357. The Kier molecular flexibility index (Phi) is 3.47. The van der Waals surface area contributed by atoms with Gasteiger partial charge in [-0.2, -0.15) is 0 Å². The Morgan fingerprint density at radius 1 is 1.40 bits per heavy atom. The van der Waals surface area contributed by atoms with Gasteiger partial charge in [-0.05, 0) is 37.6 Å². The van der Waals surface area contributed by atoms with Gasteiger partial charge in [0.15, 0.2) is 0 Å². The molecule has 1 aliphatic rings.